The van der Waals surface area contributed by atoms with Crippen LogP contribution in [0.1, 0.15) is 36.9 Å². The maximum atomic E-state index is 12.5. The van der Waals surface area contributed by atoms with Crippen molar-refractivity contribution < 1.29 is 9.21 Å². The Morgan fingerprint density at radius 3 is 2.92 bits per heavy atom. The molecule has 26 heavy (non-hydrogen) atoms. The van der Waals surface area contributed by atoms with Crippen LogP contribution in [0.15, 0.2) is 53.1 Å². The summed E-state index contributed by atoms with van der Waals surface area (Å²) in [6.07, 6.45) is 2.60. The number of carbonyl (C=O) groups excluding carboxylic acids is 1. The van der Waals surface area contributed by atoms with Crippen LogP contribution in [0.4, 0.5) is 5.82 Å². The first-order valence-corrected chi connectivity index (χ1v) is 9.28. The van der Waals surface area contributed by atoms with Gasteiger partial charge in [-0.1, -0.05) is 19.1 Å². The molecule has 0 spiro atoms. The Bertz CT molecular complexity index is 1030. The van der Waals surface area contributed by atoms with Crippen LogP contribution in [0.3, 0.4) is 0 Å². The van der Waals surface area contributed by atoms with Gasteiger partial charge in [0.05, 0.1) is 22.5 Å². The highest BCUT2D eigenvalue weighted by atomic mass is 32.1. The molecule has 0 saturated heterocycles. The number of thiazole rings is 1. The fraction of sp³-hybridized carbons (Fsp3) is 0.211. The Labute approximate surface area is 154 Å². The number of anilines is 1. The van der Waals surface area contributed by atoms with Crippen molar-refractivity contribution in [3.05, 3.63) is 54.4 Å². The maximum absolute atomic E-state index is 12.5. The summed E-state index contributed by atoms with van der Waals surface area (Å²) in [4.78, 5) is 17.1. The summed E-state index contributed by atoms with van der Waals surface area (Å²) in [7, 11) is 0. The van der Waals surface area contributed by atoms with Gasteiger partial charge in [0.2, 0.25) is 0 Å². The van der Waals surface area contributed by atoms with Crippen molar-refractivity contribution in [1.29, 1.82) is 0 Å². The Morgan fingerprint density at radius 1 is 1.27 bits per heavy atom. The van der Waals surface area contributed by atoms with E-state index in [-0.39, 0.29) is 17.7 Å². The molecule has 1 unspecified atom stereocenters. The molecule has 0 fully saturated rings. The summed E-state index contributed by atoms with van der Waals surface area (Å²) >= 11 is 1.54. The van der Waals surface area contributed by atoms with Crippen molar-refractivity contribution in [2.75, 3.05) is 5.32 Å². The third-order valence-corrected chi connectivity index (χ3v) is 5.31. The van der Waals surface area contributed by atoms with Gasteiger partial charge in [-0.05, 0) is 37.6 Å². The van der Waals surface area contributed by atoms with Crippen LogP contribution in [0, 0.1) is 0 Å². The molecule has 0 radical (unpaired) electrons. The quantitative estimate of drug-likeness (QED) is 0.541. The predicted octanol–water partition coefficient (Wildman–Crippen LogP) is 4.98. The SMILES string of the molecule is CCC(C)n1nccc1NC(=O)c1ccc(-c2nc3ccccc3s2)o1. The third kappa shape index (κ3) is 3.01. The minimum Gasteiger partial charge on any atom is -0.448 e. The van der Waals surface area contributed by atoms with Gasteiger partial charge in [0, 0.05) is 6.07 Å². The van der Waals surface area contributed by atoms with Crippen molar-refractivity contribution in [1.82, 2.24) is 14.8 Å². The largest absolute Gasteiger partial charge is 0.448 e. The van der Waals surface area contributed by atoms with Gasteiger partial charge < -0.3 is 9.73 Å². The van der Waals surface area contributed by atoms with Crippen molar-refractivity contribution in [2.24, 2.45) is 0 Å². The molecule has 0 aliphatic carbocycles. The number of fused-ring (bicyclic) bond motifs is 1. The minimum absolute atomic E-state index is 0.204. The highest BCUT2D eigenvalue weighted by molar-refractivity contribution is 7.21. The zero-order valence-electron chi connectivity index (χ0n) is 14.5. The smallest absolute Gasteiger partial charge is 0.292 e. The monoisotopic (exact) mass is 366 g/mol. The lowest BCUT2D eigenvalue weighted by molar-refractivity contribution is 0.0996. The van der Waals surface area contributed by atoms with Crippen LogP contribution < -0.4 is 5.32 Å². The third-order valence-electron chi connectivity index (χ3n) is 4.25. The van der Waals surface area contributed by atoms with Gasteiger partial charge in [0.15, 0.2) is 16.5 Å². The average molecular weight is 366 g/mol. The van der Waals surface area contributed by atoms with Crippen LogP contribution in [0.2, 0.25) is 0 Å². The number of para-hydroxylation sites is 1. The van der Waals surface area contributed by atoms with Gasteiger partial charge in [-0.3, -0.25) is 4.79 Å². The fourth-order valence-corrected chi connectivity index (χ4v) is 3.60. The first-order chi connectivity index (χ1) is 12.7. The van der Waals surface area contributed by atoms with Crippen LogP contribution in [0.25, 0.3) is 21.0 Å². The van der Waals surface area contributed by atoms with Gasteiger partial charge in [-0.25, -0.2) is 9.67 Å². The van der Waals surface area contributed by atoms with Crippen LogP contribution >= 0.6 is 11.3 Å². The first-order valence-electron chi connectivity index (χ1n) is 8.46. The summed E-state index contributed by atoms with van der Waals surface area (Å²) in [5.74, 6) is 1.19. The number of aromatic nitrogens is 3. The number of rotatable bonds is 5. The molecule has 0 aliphatic heterocycles. The van der Waals surface area contributed by atoms with Gasteiger partial charge >= 0.3 is 0 Å². The number of furan rings is 1. The molecular formula is C19H18N4O2S. The molecule has 4 rings (SSSR count). The number of benzene rings is 1. The van der Waals surface area contributed by atoms with Crippen LogP contribution in [0.5, 0.6) is 0 Å². The zero-order chi connectivity index (χ0) is 18.1. The second-order valence-electron chi connectivity index (χ2n) is 6.02. The highest BCUT2D eigenvalue weighted by Crippen LogP contribution is 2.31. The van der Waals surface area contributed by atoms with E-state index in [1.54, 1.807) is 29.1 Å². The summed E-state index contributed by atoms with van der Waals surface area (Å²) in [6.45, 7) is 4.13. The van der Waals surface area contributed by atoms with E-state index >= 15 is 0 Å². The van der Waals surface area contributed by atoms with Crippen molar-refractivity contribution >= 4 is 33.3 Å². The lowest BCUT2D eigenvalue weighted by Gasteiger charge is -2.13. The average Bonchev–Trinajstić information content (AvgIpc) is 3.38. The van der Waals surface area contributed by atoms with E-state index < -0.39 is 0 Å². The predicted molar refractivity (Wildman–Crippen MR) is 103 cm³/mol. The number of carbonyl (C=O) groups is 1. The molecule has 0 saturated carbocycles. The zero-order valence-corrected chi connectivity index (χ0v) is 15.3. The molecule has 0 aliphatic rings. The molecule has 4 aromatic rings. The van der Waals surface area contributed by atoms with E-state index in [9.17, 15) is 4.79 Å². The number of nitrogens with one attached hydrogen (secondary N) is 1. The number of nitrogens with zero attached hydrogens (tertiary/aromatic N) is 3. The van der Waals surface area contributed by atoms with E-state index in [0.29, 0.717) is 11.6 Å². The molecule has 132 valence electrons. The minimum atomic E-state index is -0.303. The summed E-state index contributed by atoms with van der Waals surface area (Å²) in [5.41, 5.74) is 0.923. The van der Waals surface area contributed by atoms with E-state index in [4.69, 9.17) is 4.42 Å². The maximum Gasteiger partial charge on any atom is 0.292 e. The van der Waals surface area contributed by atoms with Gasteiger partial charge in [0.1, 0.15) is 5.82 Å². The fourth-order valence-electron chi connectivity index (χ4n) is 2.67. The van der Waals surface area contributed by atoms with E-state index in [2.05, 4.69) is 29.2 Å². The summed E-state index contributed by atoms with van der Waals surface area (Å²) in [6, 6.07) is 13.3. The Hall–Kier alpha value is -2.93. The number of amides is 1. The Kier molecular flexibility index (Phi) is 4.30. The van der Waals surface area contributed by atoms with Crippen LogP contribution in [-0.4, -0.2) is 20.7 Å². The Balaban J connectivity index is 1.56. The number of hydrogen-bond acceptors (Lipinski definition) is 5. The highest BCUT2D eigenvalue weighted by Gasteiger charge is 2.17. The molecular weight excluding hydrogens is 348 g/mol. The molecule has 1 amide bonds. The van der Waals surface area contributed by atoms with E-state index in [0.717, 1.165) is 21.6 Å². The normalized spacial score (nSPS) is 12.4. The molecule has 1 aromatic carbocycles. The van der Waals surface area contributed by atoms with Gasteiger partial charge in [0.25, 0.3) is 5.91 Å². The lowest BCUT2D eigenvalue weighted by Crippen LogP contribution is -2.16. The summed E-state index contributed by atoms with van der Waals surface area (Å²) < 4.78 is 8.63. The van der Waals surface area contributed by atoms with Crippen LogP contribution in [-0.2, 0) is 0 Å². The number of hydrogen-bond donors (Lipinski definition) is 1. The molecule has 3 aromatic heterocycles. The van der Waals surface area contributed by atoms with Gasteiger partial charge in [-0.15, -0.1) is 11.3 Å². The van der Waals surface area contributed by atoms with Crippen molar-refractivity contribution in [3.8, 4) is 10.8 Å². The topological polar surface area (TPSA) is 73.0 Å². The lowest BCUT2D eigenvalue weighted by atomic mass is 10.3. The molecule has 7 heteroatoms. The standard InChI is InChI=1S/C19H18N4O2S/c1-3-12(2)23-17(10-11-20-23)22-18(24)14-8-9-15(25-14)19-21-13-6-4-5-7-16(13)26-19/h4-12H,3H2,1-2H3,(H,22,24). The molecule has 1 N–H and O–H groups in total. The van der Waals surface area contributed by atoms with E-state index in [1.165, 1.54) is 11.3 Å². The second kappa shape index (κ2) is 6.76. The molecule has 0 bridgehead atoms. The van der Waals surface area contributed by atoms with E-state index in [1.807, 2.05) is 24.3 Å². The van der Waals surface area contributed by atoms with Crippen molar-refractivity contribution in [2.45, 2.75) is 26.3 Å². The van der Waals surface area contributed by atoms with Gasteiger partial charge in [-0.2, -0.15) is 5.10 Å². The Morgan fingerprint density at radius 2 is 2.12 bits per heavy atom. The first kappa shape index (κ1) is 16.5. The molecule has 3 heterocycles. The molecule has 6 nitrogen and oxygen atoms in total. The molecule has 1 atom stereocenters. The van der Waals surface area contributed by atoms with Crippen molar-refractivity contribution in [3.63, 3.8) is 0 Å². The second-order valence-corrected chi connectivity index (χ2v) is 7.05. The summed E-state index contributed by atoms with van der Waals surface area (Å²) in [5, 5.41) is 7.90.